The Morgan fingerprint density at radius 2 is 1.79 bits per heavy atom. The van der Waals surface area contributed by atoms with Gasteiger partial charge in [-0.15, -0.1) is 0 Å². The predicted molar refractivity (Wildman–Crippen MR) is 171 cm³/mol. The highest BCUT2D eigenvalue weighted by Crippen LogP contribution is 2.42. The third-order valence-corrected chi connectivity index (χ3v) is 9.24. The maximum Gasteiger partial charge on any atom is 0.166 e. The van der Waals surface area contributed by atoms with E-state index < -0.39 is 29.6 Å². The highest BCUT2D eigenvalue weighted by Gasteiger charge is 2.43. The van der Waals surface area contributed by atoms with Crippen LogP contribution in [-0.2, 0) is 4.79 Å². The van der Waals surface area contributed by atoms with E-state index in [0.29, 0.717) is 17.9 Å². The molecule has 6 heteroatoms. The normalized spacial score (nSPS) is 26.9. The topological polar surface area (TPSA) is 118 Å². The summed E-state index contributed by atoms with van der Waals surface area (Å²) in [6.45, 7) is 14.5. The summed E-state index contributed by atoms with van der Waals surface area (Å²) in [4.78, 5) is 13.2. The first-order valence-corrected chi connectivity index (χ1v) is 16.1. The molecule has 0 heterocycles. The lowest BCUT2D eigenvalue weighted by Crippen LogP contribution is -2.44. The Morgan fingerprint density at radius 1 is 1.10 bits per heavy atom. The fourth-order valence-electron chi connectivity index (χ4n) is 6.58. The van der Waals surface area contributed by atoms with Crippen molar-refractivity contribution in [2.75, 3.05) is 6.61 Å². The molecule has 6 nitrogen and oxygen atoms in total. The maximum atomic E-state index is 13.2. The quantitative estimate of drug-likeness (QED) is 0.0809. The Morgan fingerprint density at radius 3 is 2.40 bits per heavy atom. The lowest BCUT2D eigenvalue weighted by molar-refractivity contribution is -0.118. The van der Waals surface area contributed by atoms with E-state index in [1.807, 2.05) is 26.8 Å². The molecule has 2 aliphatic rings. The molecule has 1 saturated carbocycles. The van der Waals surface area contributed by atoms with Crippen molar-refractivity contribution < 1.29 is 30.3 Å². The van der Waals surface area contributed by atoms with Crippen LogP contribution in [0.25, 0.3) is 0 Å². The Bertz CT molecular complexity index is 1050. The molecule has 7 unspecified atom stereocenters. The van der Waals surface area contributed by atoms with Crippen LogP contribution in [0, 0.1) is 29.1 Å². The summed E-state index contributed by atoms with van der Waals surface area (Å²) >= 11 is 0. The average molecular weight is 587 g/mol. The molecule has 2 rings (SSSR count). The largest absolute Gasteiger partial charge is 0.508 e. The molecule has 0 aromatic carbocycles. The number of allylic oxidation sites excluding steroid dienone is 6. The van der Waals surface area contributed by atoms with Crippen LogP contribution in [0.15, 0.2) is 58.4 Å². The van der Waals surface area contributed by atoms with Crippen molar-refractivity contribution in [2.45, 2.75) is 125 Å². The third kappa shape index (κ3) is 10.3. The van der Waals surface area contributed by atoms with Gasteiger partial charge in [-0.25, -0.2) is 0 Å². The minimum Gasteiger partial charge on any atom is -0.508 e. The fourth-order valence-corrected chi connectivity index (χ4v) is 6.58. The van der Waals surface area contributed by atoms with E-state index in [1.54, 1.807) is 6.08 Å². The standard InChI is InChI=1S/C36H58O6/c1-8-9-10-11-12-23(2)15-25(4)17-26(5)16-24(3)13-14-33(41)36(6,7)28-20-30(38)34(31(39)21-28)29-18-27(22-37)19-32(40)35(29)42/h13-14,16-17,20,23,26-27,29,32-33,35,37-38,40-42H,8-12,15,18-19,21-22H2,1-7H3. The van der Waals surface area contributed by atoms with Gasteiger partial charge < -0.3 is 25.5 Å². The Balaban J connectivity index is 2.08. The summed E-state index contributed by atoms with van der Waals surface area (Å²) in [7, 11) is 0. The fraction of sp³-hybridized carbons (Fsp3) is 0.694. The predicted octanol–water partition coefficient (Wildman–Crippen LogP) is 6.91. The van der Waals surface area contributed by atoms with Gasteiger partial charge in [0, 0.05) is 29.9 Å². The van der Waals surface area contributed by atoms with Crippen molar-refractivity contribution in [3.8, 4) is 0 Å². The number of unbranched alkanes of at least 4 members (excludes halogenated alkanes) is 3. The van der Waals surface area contributed by atoms with Gasteiger partial charge in [0.25, 0.3) is 0 Å². The lowest BCUT2D eigenvalue weighted by atomic mass is 9.69. The van der Waals surface area contributed by atoms with Gasteiger partial charge in [-0.3, -0.25) is 4.79 Å². The molecule has 1 fully saturated rings. The molecule has 0 amide bonds. The van der Waals surface area contributed by atoms with Crippen molar-refractivity contribution in [3.05, 3.63) is 58.4 Å². The SMILES string of the molecule is CCCCCCC(C)CC(C)=CC(C)C=C(C)C=CC(O)C(C)(C)C1=CC(O)=C(C2CC(CO)CC(O)C2O)C(=O)C1. The van der Waals surface area contributed by atoms with Crippen LogP contribution in [0.3, 0.4) is 0 Å². The van der Waals surface area contributed by atoms with Crippen LogP contribution >= 0.6 is 0 Å². The van der Waals surface area contributed by atoms with Crippen molar-refractivity contribution in [3.63, 3.8) is 0 Å². The monoisotopic (exact) mass is 586 g/mol. The zero-order valence-electron chi connectivity index (χ0n) is 27.1. The number of hydrogen-bond donors (Lipinski definition) is 5. The molecule has 0 radical (unpaired) electrons. The van der Waals surface area contributed by atoms with Gasteiger partial charge in [0.2, 0.25) is 0 Å². The number of hydrogen-bond acceptors (Lipinski definition) is 6. The van der Waals surface area contributed by atoms with E-state index >= 15 is 0 Å². The second kappa shape index (κ2) is 16.7. The van der Waals surface area contributed by atoms with E-state index in [2.05, 4.69) is 39.8 Å². The molecule has 5 N–H and O–H groups in total. The van der Waals surface area contributed by atoms with Gasteiger partial charge in [-0.1, -0.05) is 108 Å². The van der Waals surface area contributed by atoms with Crippen molar-refractivity contribution >= 4 is 5.78 Å². The zero-order valence-corrected chi connectivity index (χ0v) is 27.1. The Kier molecular flexibility index (Phi) is 14.4. The molecule has 0 aromatic rings. The van der Waals surface area contributed by atoms with Gasteiger partial charge in [-0.05, 0) is 56.9 Å². The Hall–Kier alpha value is -1.99. The highest BCUT2D eigenvalue weighted by atomic mass is 16.3. The maximum absolute atomic E-state index is 13.2. The molecule has 7 atom stereocenters. The Labute approximate surface area is 254 Å². The molecule has 0 aliphatic heterocycles. The van der Waals surface area contributed by atoms with E-state index in [9.17, 15) is 30.3 Å². The third-order valence-electron chi connectivity index (χ3n) is 9.24. The number of carbonyl (C=O) groups is 1. The minimum atomic E-state index is -1.18. The van der Waals surface area contributed by atoms with E-state index in [4.69, 9.17) is 0 Å². The summed E-state index contributed by atoms with van der Waals surface area (Å²) in [6.07, 6.45) is 14.7. The lowest BCUT2D eigenvalue weighted by Gasteiger charge is -2.39. The molecule has 0 saturated heterocycles. The summed E-state index contributed by atoms with van der Waals surface area (Å²) in [5, 5.41) is 52.4. The second-order valence-electron chi connectivity index (χ2n) is 13.7. The van der Waals surface area contributed by atoms with Crippen LogP contribution in [0.4, 0.5) is 0 Å². The summed E-state index contributed by atoms with van der Waals surface area (Å²) in [5.41, 5.74) is 2.33. The number of carbonyl (C=O) groups excluding carboxylic acids is 1. The van der Waals surface area contributed by atoms with E-state index in [1.165, 1.54) is 43.8 Å². The van der Waals surface area contributed by atoms with Crippen LogP contribution in [-0.4, -0.2) is 56.2 Å². The highest BCUT2D eigenvalue weighted by molar-refractivity contribution is 5.99. The molecule has 0 spiro atoms. The molecule has 0 bridgehead atoms. The van der Waals surface area contributed by atoms with Crippen LogP contribution < -0.4 is 0 Å². The van der Waals surface area contributed by atoms with Crippen LogP contribution in [0.5, 0.6) is 0 Å². The molecule has 238 valence electrons. The van der Waals surface area contributed by atoms with Gasteiger partial charge in [-0.2, -0.15) is 0 Å². The van der Waals surface area contributed by atoms with Gasteiger partial charge in [0.1, 0.15) is 5.76 Å². The smallest absolute Gasteiger partial charge is 0.166 e. The number of aliphatic hydroxyl groups is 5. The summed E-state index contributed by atoms with van der Waals surface area (Å²) in [5.74, 6) is -0.599. The number of rotatable bonds is 15. The second-order valence-corrected chi connectivity index (χ2v) is 13.7. The first kappa shape index (κ1) is 36.2. The van der Waals surface area contributed by atoms with E-state index in [-0.39, 0.29) is 48.4 Å². The minimum absolute atomic E-state index is 0.00730. The number of ketones is 1. The van der Waals surface area contributed by atoms with Crippen LogP contribution in [0.1, 0.15) is 106 Å². The number of Topliss-reactive ketones (excluding diaryl/α,β-unsaturated/α-hetero) is 1. The van der Waals surface area contributed by atoms with Crippen molar-refractivity contribution in [1.29, 1.82) is 0 Å². The summed E-state index contributed by atoms with van der Waals surface area (Å²) < 4.78 is 0. The van der Waals surface area contributed by atoms with E-state index in [0.717, 1.165) is 12.0 Å². The molecular formula is C36H58O6. The number of aliphatic hydroxyl groups excluding tert-OH is 5. The molecule has 2 aliphatic carbocycles. The van der Waals surface area contributed by atoms with Gasteiger partial charge in [0.05, 0.1) is 18.3 Å². The van der Waals surface area contributed by atoms with Crippen molar-refractivity contribution in [2.24, 2.45) is 29.1 Å². The summed E-state index contributed by atoms with van der Waals surface area (Å²) in [6, 6.07) is 0. The van der Waals surface area contributed by atoms with Crippen LogP contribution in [0.2, 0.25) is 0 Å². The zero-order chi connectivity index (χ0) is 31.6. The first-order valence-electron chi connectivity index (χ1n) is 16.1. The average Bonchev–Trinajstić information content (AvgIpc) is 2.91. The van der Waals surface area contributed by atoms with Crippen molar-refractivity contribution in [1.82, 2.24) is 0 Å². The molecule has 0 aromatic heterocycles. The van der Waals surface area contributed by atoms with Gasteiger partial charge in [0.15, 0.2) is 5.78 Å². The first-order chi connectivity index (χ1) is 19.7. The molecule has 42 heavy (non-hydrogen) atoms. The van der Waals surface area contributed by atoms with Gasteiger partial charge >= 0.3 is 0 Å². The molecular weight excluding hydrogens is 528 g/mol.